The zero-order chi connectivity index (χ0) is 7.56. The fourth-order valence-corrected chi connectivity index (χ4v) is 1.06. The van der Waals surface area contributed by atoms with Crippen molar-refractivity contribution in [2.45, 2.75) is 20.5 Å². The van der Waals surface area contributed by atoms with Crippen molar-refractivity contribution < 1.29 is 25.5 Å². The zero-order valence-electron chi connectivity index (χ0n) is 7.65. The Bertz CT molecular complexity index is 213. The van der Waals surface area contributed by atoms with Crippen LogP contribution in [0.15, 0.2) is 12.1 Å². The first kappa shape index (κ1) is 14.4. The van der Waals surface area contributed by atoms with Crippen molar-refractivity contribution in [3.8, 4) is 0 Å². The first-order chi connectivity index (χ1) is 4.72. The van der Waals surface area contributed by atoms with Crippen molar-refractivity contribution in [3.63, 3.8) is 0 Å². The molecule has 1 aromatic rings. The van der Waals surface area contributed by atoms with Gasteiger partial charge in [0.2, 0.25) is 0 Å². The SMILES string of the molecule is Cc1[c-]c(CF)cc(C)c1.[CH3-].[W+2]. The van der Waals surface area contributed by atoms with E-state index in [0.29, 0.717) is 5.56 Å². The van der Waals surface area contributed by atoms with Crippen molar-refractivity contribution in [2.75, 3.05) is 0 Å². The molecule has 0 aliphatic carbocycles. The van der Waals surface area contributed by atoms with E-state index in [1.807, 2.05) is 26.0 Å². The Kier molecular flexibility index (Phi) is 7.62. The summed E-state index contributed by atoms with van der Waals surface area (Å²) >= 11 is 0. The van der Waals surface area contributed by atoms with Crippen LogP contribution >= 0.6 is 0 Å². The molecule has 0 aliphatic rings. The van der Waals surface area contributed by atoms with Gasteiger partial charge in [0.05, 0.1) is 6.67 Å². The van der Waals surface area contributed by atoms with Gasteiger partial charge >= 0.3 is 21.1 Å². The zero-order valence-corrected chi connectivity index (χ0v) is 10.6. The van der Waals surface area contributed by atoms with E-state index < -0.39 is 6.67 Å². The normalized spacial score (nSPS) is 8.25. The molecule has 0 bridgehead atoms. The maximum atomic E-state index is 12.1. The van der Waals surface area contributed by atoms with Gasteiger partial charge in [-0.2, -0.15) is 29.3 Å². The van der Waals surface area contributed by atoms with Crippen LogP contribution in [0.25, 0.3) is 0 Å². The van der Waals surface area contributed by atoms with Crippen LogP contribution in [0.3, 0.4) is 0 Å². The van der Waals surface area contributed by atoms with Crippen molar-refractivity contribution in [3.05, 3.63) is 42.3 Å². The minimum absolute atomic E-state index is 0. The van der Waals surface area contributed by atoms with Gasteiger partial charge in [-0.15, -0.1) is 5.56 Å². The third kappa shape index (κ3) is 4.01. The molecule has 0 heterocycles. The minimum atomic E-state index is -0.414. The summed E-state index contributed by atoms with van der Waals surface area (Å²) in [5, 5.41) is 0. The van der Waals surface area contributed by atoms with E-state index in [0.717, 1.165) is 11.1 Å². The Hall–Kier alpha value is -0.162. The van der Waals surface area contributed by atoms with E-state index in [2.05, 4.69) is 6.07 Å². The van der Waals surface area contributed by atoms with E-state index in [9.17, 15) is 4.39 Å². The van der Waals surface area contributed by atoms with Crippen LogP contribution in [-0.2, 0) is 27.7 Å². The third-order valence-electron chi connectivity index (χ3n) is 1.35. The molecule has 0 atom stereocenters. The molecule has 0 spiro atoms. The van der Waals surface area contributed by atoms with Gasteiger partial charge in [0.1, 0.15) is 0 Å². The predicted octanol–water partition coefficient (Wildman–Crippen LogP) is 3.02. The number of benzene rings is 1. The van der Waals surface area contributed by atoms with Crippen LogP contribution in [-0.4, -0.2) is 0 Å². The molecule has 0 fully saturated rings. The van der Waals surface area contributed by atoms with E-state index in [1.54, 1.807) is 0 Å². The maximum absolute atomic E-state index is 12.1. The minimum Gasteiger partial charge on any atom is -0.358 e. The Morgan fingerprint density at radius 2 is 1.92 bits per heavy atom. The second-order valence-corrected chi connectivity index (χ2v) is 2.50. The summed E-state index contributed by atoms with van der Waals surface area (Å²) in [4.78, 5) is 0. The number of rotatable bonds is 1. The molecule has 0 nitrogen and oxygen atoms in total. The van der Waals surface area contributed by atoms with Crippen LogP contribution in [0.1, 0.15) is 16.7 Å². The Morgan fingerprint density at radius 1 is 1.33 bits per heavy atom. The monoisotopic (exact) mass is 336 g/mol. The van der Waals surface area contributed by atoms with Gasteiger partial charge in [0.25, 0.3) is 0 Å². The number of hydrogen-bond acceptors (Lipinski definition) is 0. The van der Waals surface area contributed by atoms with E-state index in [-0.39, 0.29) is 28.5 Å². The second kappa shape index (κ2) is 6.36. The molecule has 0 amide bonds. The largest absolute Gasteiger partial charge is 2.00 e. The summed E-state index contributed by atoms with van der Waals surface area (Å²) in [5.41, 5.74) is 2.76. The molecule has 0 aliphatic heterocycles. The number of hydrogen-bond donors (Lipinski definition) is 0. The number of alkyl halides is 1. The van der Waals surface area contributed by atoms with Crippen molar-refractivity contribution in [2.24, 2.45) is 0 Å². The second-order valence-electron chi connectivity index (χ2n) is 2.50. The predicted molar refractivity (Wildman–Crippen MR) is 46.0 cm³/mol. The van der Waals surface area contributed by atoms with Gasteiger partial charge in [-0.25, -0.2) is 4.39 Å². The topological polar surface area (TPSA) is 0 Å². The van der Waals surface area contributed by atoms with Gasteiger partial charge < -0.3 is 7.43 Å². The summed E-state index contributed by atoms with van der Waals surface area (Å²) in [5.74, 6) is 0. The molecular formula is C10H13FW. The van der Waals surface area contributed by atoms with Crippen LogP contribution in [0.2, 0.25) is 0 Å². The molecule has 12 heavy (non-hydrogen) atoms. The average molecular weight is 336 g/mol. The van der Waals surface area contributed by atoms with Gasteiger partial charge in [-0.05, 0) is 0 Å². The van der Waals surface area contributed by atoms with Crippen LogP contribution in [0.4, 0.5) is 4.39 Å². The first-order valence-electron chi connectivity index (χ1n) is 3.28. The molecule has 0 N–H and O–H groups in total. The summed E-state index contributed by atoms with van der Waals surface area (Å²) in [6.07, 6.45) is 0. The van der Waals surface area contributed by atoms with Gasteiger partial charge in [-0.3, -0.25) is 0 Å². The average Bonchev–Trinajstić information content (AvgIpc) is 1.85. The summed E-state index contributed by atoms with van der Waals surface area (Å²) in [6, 6.07) is 6.72. The van der Waals surface area contributed by atoms with Crippen LogP contribution < -0.4 is 0 Å². The van der Waals surface area contributed by atoms with Crippen molar-refractivity contribution in [1.29, 1.82) is 0 Å². The maximum Gasteiger partial charge on any atom is 2.00 e. The fourth-order valence-electron chi connectivity index (χ4n) is 1.06. The first-order valence-corrected chi connectivity index (χ1v) is 3.28. The van der Waals surface area contributed by atoms with Gasteiger partial charge in [0, 0.05) is 0 Å². The molecule has 2 heteroatoms. The Morgan fingerprint density at radius 3 is 2.33 bits per heavy atom. The quantitative estimate of drug-likeness (QED) is 0.692. The van der Waals surface area contributed by atoms with Gasteiger partial charge in [0.15, 0.2) is 0 Å². The van der Waals surface area contributed by atoms with Crippen LogP contribution in [0, 0.1) is 27.3 Å². The summed E-state index contributed by atoms with van der Waals surface area (Å²) in [7, 11) is 0. The molecular weight excluding hydrogens is 323 g/mol. The molecule has 0 aromatic heterocycles. The number of halogens is 1. The summed E-state index contributed by atoms with van der Waals surface area (Å²) < 4.78 is 12.1. The molecule has 0 radical (unpaired) electrons. The summed E-state index contributed by atoms with van der Waals surface area (Å²) in [6.45, 7) is 3.47. The van der Waals surface area contributed by atoms with Crippen molar-refractivity contribution in [1.82, 2.24) is 0 Å². The van der Waals surface area contributed by atoms with Gasteiger partial charge in [-0.1, -0.05) is 13.8 Å². The third-order valence-corrected chi connectivity index (χ3v) is 1.35. The van der Waals surface area contributed by atoms with Crippen LogP contribution in [0.5, 0.6) is 0 Å². The molecule has 1 rings (SSSR count). The standard InChI is InChI=1S/C9H10F.CH3.W/c1-7-3-8(2)5-9(4-7)6-10;;/h3-4H,6H2,1-2H3;1H3;/q2*-1;+2. The molecule has 0 saturated heterocycles. The fraction of sp³-hybridized carbons (Fsp3) is 0.300. The van der Waals surface area contributed by atoms with E-state index >= 15 is 0 Å². The van der Waals surface area contributed by atoms with Crippen molar-refractivity contribution >= 4 is 0 Å². The molecule has 66 valence electrons. The Labute approximate surface area is 88.5 Å². The smallest absolute Gasteiger partial charge is 0.358 e. The Balaban J connectivity index is 0. The van der Waals surface area contributed by atoms with E-state index in [1.165, 1.54) is 0 Å². The number of aryl methyl sites for hydroxylation is 2. The van der Waals surface area contributed by atoms with E-state index in [4.69, 9.17) is 0 Å². The molecule has 0 saturated carbocycles. The molecule has 0 unspecified atom stereocenters. The molecule has 1 aromatic carbocycles.